The standard InChI is InChI=1S/C25H29N7O2/c1-17(2)11-14-31-21-22(28-24(31)30-12-7-4-8-13-30)29(3)25(34)32(23(21)33)15-20-18-9-5-6-10-19(18)26-16-27-20/h5-6,9-11,16H,4,7-8,12-15H2,1-3H3. The molecule has 0 saturated carbocycles. The number of benzene rings is 1. The summed E-state index contributed by atoms with van der Waals surface area (Å²) >= 11 is 0. The largest absolute Gasteiger partial charge is 0.342 e. The lowest BCUT2D eigenvalue weighted by Gasteiger charge is -2.28. The van der Waals surface area contributed by atoms with Crippen molar-refractivity contribution in [2.24, 2.45) is 7.05 Å². The first kappa shape index (κ1) is 22.1. The fourth-order valence-corrected chi connectivity index (χ4v) is 4.62. The average molecular weight is 460 g/mol. The molecule has 1 aliphatic heterocycles. The van der Waals surface area contributed by atoms with Crippen molar-refractivity contribution in [2.45, 2.75) is 46.2 Å². The molecule has 0 spiro atoms. The predicted molar refractivity (Wildman–Crippen MR) is 133 cm³/mol. The van der Waals surface area contributed by atoms with Crippen molar-refractivity contribution in [1.29, 1.82) is 0 Å². The number of rotatable bonds is 5. The third-order valence-corrected chi connectivity index (χ3v) is 6.47. The van der Waals surface area contributed by atoms with Gasteiger partial charge in [-0.05, 0) is 39.2 Å². The minimum absolute atomic E-state index is 0.0668. The summed E-state index contributed by atoms with van der Waals surface area (Å²) < 4.78 is 4.70. The first-order valence-corrected chi connectivity index (χ1v) is 11.7. The van der Waals surface area contributed by atoms with E-state index in [1.54, 1.807) is 7.05 Å². The number of hydrogen-bond donors (Lipinski definition) is 0. The van der Waals surface area contributed by atoms with E-state index in [0.717, 1.165) is 48.4 Å². The smallest absolute Gasteiger partial charge is 0.332 e. The molecule has 4 heterocycles. The number of anilines is 1. The highest BCUT2D eigenvalue weighted by Gasteiger charge is 2.24. The van der Waals surface area contributed by atoms with Crippen LogP contribution in [0.4, 0.5) is 5.95 Å². The van der Waals surface area contributed by atoms with Crippen LogP contribution in [0, 0.1) is 0 Å². The summed E-state index contributed by atoms with van der Waals surface area (Å²) in [6.07, 6.45) is 6.94. The molecule has 1 fully saturated rings. The van der Waals surface area contributed by atoms with Crippen LogP contribution >= 0.6 is 0 Å². The van der Waals surface area contributed by atoms with Crippen LogP contribution in [-0.4, -0.2) is 41.7 Å². The lowest BCUT2D eigenvalue weighted by atomic mass is 10.1. The lowest BCUT2D eigenvalue weighted by molar-refractivity contribution is 0.560. The third kappa shape index (κ3) is 3.81. The Morgan fingerprint density at radius 2 is 1.79 bits per heavy atom. The van der Waals surface area contributed by atoms with E-state index in [-0.39, 0.29) is 12.1 Å². The molecule has 1 saturated heterocycles. The fraction of sp³-hybridized carbons (Fsp3) is 0.400. The van der Waals surface area contributed by atoms with Crippen LogP contribution in [0.3, 0.4) is 0 Å². The number of aromatic nitrogens is 6. The second-order valence-electron chi connectivity index (χ2n) is 9.09. The molecule has 3 aromatic heterocycles. The van der Waals surface area contributed by atoms with Gasteiger partial charge in [0, 0.05) is 32.1 Å². The Hall–Kier alpha value is -3.75. The van der Waals surface area contributed by atoms with E-state index in [4.69, 9.17) is 4.98 Å². The fourth-order valence-electron chi connectivity index (χ4n) is 4.62. The van der Waals surface area contributed by atoms with Gasteiger partial charge in [-0.1, -0.05) is 29.8 Å². The molecule has 9 heteroatoms. The van der Waals surface area contributed by atoms with Crippen molar-refractivity contribution < 1.29 is 0 Å². The average Bonchev–Trinajstić information content (AvgIpc) is 3.24. The van der Waals surface area contributed by atoms with Gasteiger partial charge in [-0.2, -0.15) is 4.98 Å². The molecule has 4 aromatic rings. The van der Waals surface area contributed by atoms with E-state index >= 15 is 0 Å². The maximum atomic E-state index is 13.8. The summed E-state index contributed by atoms with van der Waals surface area (Å²) in [5.41, 5.74) is 2.68. The van der Waals surface area contributed by atoms with Gasteiger partial charge in [-0.25, -0.2) is 14.8 Å². The van der Waals surface area contributed by atoms with Crippen molar-refractivity contribution in [3.63, 3.8) is 0 Å². The molecule has 5 rings (SSSR count). The monoisotopic (exact) mass is 459 g/mol. The molecular formula is C25H29N7O2. The van der Waals surface area contributed by atoms with E-state index in [1.165, 1.54) is 21.9 Å². The molecule has 34 heavy (non-hydrogen) atoms. The molecule has 0 atom stereocenters. The molecule has 0 aliphatic carbocycles. The van der Waals surface area contributed by atoms with Crippen LogP contribution in [0.1, 0.15) is 38.8 Å². The normalized spacial score (nSPS) is 14.1. The molecule has 176 valence electrons. The van der Waals surface area contributed by atoms with Gasteiger partial charge in [0.15, 0.2) is 11.2 Å². The molecule has 1 aromatic carbocycles. The van der Waals surface area contributed by atoms with E-state index in [0.29, 0.717) is 23.4 Å². The van der Waals surface area contributed by atoms with Crippen molar-refractivity contribution in [2.75, 3.05) is 18.0 Å². The van der Waals surface area contributed by atoms with Crippen molar-refractivity contribution >= 4 is 28.0 Å². The molecule has 0 amide bonds. The number of piperidine rings is 1. The molecule has 0 bridgehead atoms. The van der Waals surface area contributed by atoms with Gasteiger partial charge in [0.25, 0.3) is 5.56 Å². The van der Waals surface area contributed by atoms with E-state index in [2.05, 4.69) is 20.9 Å². The molecule has 0 radical (unpaired) electrons. The van der Waals surface area contributed by atoms with Gasteiger partial charge in [-0.15, -0.1) is 0 Å². The first-order chi connectivity index (χ1) is 16.5. The minimum atomic E-state index is -0.405. The topological polar surface area (TPSA) is 90.8 Å². The molecule has 1 aliphatic rings. The Bertz CT molecular complexity index is 1510. The van der Waals surface area contributed by atoms with E-state index in [1.807, 2.05) is 42.7 Å². The summed E-state index contributed by atoms with van der Waals surface area (Å²) in [7, 11) is 1.68. The van der Waals surface area contributed by atoms with Crippen LogP contribution in [0.2, 0.25) is 0 Å². The Labute approximate surface area is 197 Å². The highest BCUT2D eigenvalue weighted by atomic mass is 16.2. The molecule has 0 unspecified atom stereocenters. The number of hydrogen-bond acceptors (Lipinski definition) is 6. The highest BCUT2D eigenvalue weighted by Crippen LogP contribution is 2.23. The Balaban J connectivity index is 1.72. The zero-order valence-electron chi connectivity index (χ0n) is 19.9. The van der Waals surface area contributed by atoms with Crippen LogP contribution < -0.4 is 16.1 Å². The Morgan fingerprint density at radius 1 is 1.03 bits per heavy atom. The van der Waals surface area contributed by atoms with Gasteiger partial charge in [-0.3, -0.25) is 13.9 Å². The van der Waals surface area contributed by atoms with E-state index < -0.39 is 5.69 Å². The van der Waals surface area contributed by atoms with Crippen LogP contribution in [0.25, 0.3) is 22.1 Å². The maximum absolute atomic E-state index is 13.8. The lowest BCUT2D eigenvalue weighted by Crippen LogP contribution is -2.40. The second kappa shape index (κ2) is 8.89. The Kier molecular flexibility index (Phi) is 5.77. The van der Waals surface area contributed by atoms with Crippen LogP contribution in [0.5, 0.6) is 0 Å². The summed E-state index contributed by atoms with van der Waals surface area (Å²) in [4.78, 5) is 42.9. The summed E-state index contributed by atoms with van der Waals surface area (Å²) in [6, 6.07) is 7.61. The first-order valence-electron chi connectivity index (χ1n) is 11.7. The summed E-state index contributed by atoms with van der Waals surface area (Å²) in [5.74, 6) is 0.754. The van der Waals surface area contributed by atoms with Gasteiger partial charge >= 0.3 is 5.69 Å². The predicted octanol–water partition coefficient (Wildman–Crippen LogP) is 2.84. The number of aryl methyl sites for hydroxylation is 1. The third-order valence-electron chi connectivity index (χ3n) is 6.47. The van der Waals surface area contributed by atoms with Crippen molar-refractivity contribution in [3.8, 4) is 0 Å². The van der Waals surface area contributed by atoms with Gasteiger partial charge in [0.1, 0.15) is 6.33 Å². The minimum Gasteiger partial charge on any atom is -0.342 e. The Morgan fingerprint density at radius 3 is 2.56 bits per heavy atom. The number of fused-ring (bicyclic) bond motifs is 2. The quantitative estimate of drug-likeness (QED) is 0.426. The van der Waals surface area contributed by atoms with E-state index in [9.17, 15) is 9.59 Å². The van der Waals surface area contributed by atoms with Gasteiger partial charge in [0.05, 0.1) is 17.8 Å². The summed E-state index contributed by atoms with van der Waals surface area (Å²) in [6.45, 7) is 6.45. The van der Waals surface area contributed by atoms with Crippen molar-refractivity contribution in [1.82, 2.24) is 28.7 Å². The number of para-hydroxylation sites is 1. The van der Waals surface area contributed by atoms with Crippen LogP contribution in [0.15, 0.2) is 51.8 Å². The number of nitrogens with zero attached hydrogens (tertiary/aromatic N) is 7. The van der Waals surface area contributed by atoms with Gasteiger partial charge in [0.2, 0.25) is 5.95 Å². The molecule has 0 N–H and O–H groups in total. The second-order valence-corrected chi connectivity index (χ2v) is 9.09. The zero-order chi connectivity index (χ0) is 23.8. The molecular weight excluding hydrogens is 430 g/mol. The SMILES string of the molecule is CC(C)=CCn1c(N2CCCCC2)nc2c1c(=O)n(Cc1ncnc3ccccc13)c(=O)n2C. The van der Waals surface area contributed by atoms with Crippen LogP contribution in [-0.2, 0) is 20.1 Å². The summed E-state index contributed by atoms with van der Waals surface area (Å²) in [5, 5.41) is 0.825. The van der Waals surface area contributed by atoms with Crippen molar-refractivity contribution in [3.05, 3.63) is 68.8 Å². The maximum Gasteiger partial charge on any atom is 0.332 e. The zero-order valence-corrected chi connectivity index (χ0v) is 19.9. The van der Waals surface area contributed by atoms with Gasteiger partial charge < -0.3 is 9.47 Å². The number of imidazole rings is 1. The highest BCUT2D eigenvalue weighted by molar-refractivity contribution is 5.80. The number of allylic oxidation sites excluding steroid dienone is 2. The molecule has 9 nitrogen and oxygen atoms in total.